The Morgan fingerprint density at radius 3 is 2.96 bits per heavy atom. The van der Waals surface area contributed by atoms with Gasteiger partial charge in [-0.2, -0.15) is 0 Å². The van der Waals surface area contributed by atoms with Crippen molar-refractivity contribution in [3.63, 3.8) is 0 Å². The van der Waals surface area contributed by atoms with Gasteiger partial charge in [-0.25, -0.2) is 4.98 Å². The number of fused-ring (bicyclic) bond motifs is 1. The van der Waals surface area contributed by atoms with Crippen LogP contribution in [-0.4, -0.2) is 67.3 Å². The normalized spacial score (nSPS) is 23.4. The molecular weight excluding hydrogens is 461 g/mol. The van der Waals surface area contributed by atoms with E-state index in [9.17, 15) is 0 Å². The van der Waals surface area contributed by atoms with Gasteiger partial charge < -0.3 is 15.4 Å². The second kappa shape index (κ2) is 10.8. The molecule has 0 saturated carbocycles. The Hall–Kier alpha value is -0.450. The molecule has 8 heteroatoms. The van der Waals surface area contributed by atoms with Crippen molar-refractivity contribution in [1.29, 1.82) is 0 Å². The monoisotopic (exact) mass is 493 g/mol. The number of nitrogens with zero attached hydrogens (tertiary/aromatic N) is 3. The van der Waals surface area contributed by atoms with Crippen molar-refractivity contribution >= 4 is 41.3 Å². The summed E-state index contributed by atoms with van der Waals surface area (Å²) in [5.41, 5.74) is 1.15. The maximum Gasteiger partial charge on any atom is 0.191 e. The molecule has 0 spiro atoms. The first-order chi connectivity index (χ1) is 12.2. The lowest BCUT2D eigenvalue weighted by atomic mass is 10.2. The van der Waals surface area contributed by atoms with Crippen molar-refractivity contribution in [2.45, 2.75) is 52.2 Å². The van der Waals surface area contributed by atoms with Crippen LogP contribution in [-0.2, 0) is 11.2 Å². The van der Waals surface area contributed by atoms with Crippen LogP contribution in [0.2, 0.25) is 0 Å². The number of ether oxygens (including phenoxy) is 1. The zero-order valence-corrected chi connectivity index (χ0v) is 19.2. The zero-order valence-electron chi connectivity index (χ0n) is 16.1. The molecule has 1 aromatic rings. The largest absolute Gasteiger partial charge is 0.373 e. The predicted molar refractivity (Wildman–Crippen MR) is 119 cm³/mol. The standard InChI is InChI=1S/C18H31N5OS.HI/c1-4-19-18(20-8-7-17-22-13(2)14(3)25-17)21-10-16-11-23-9-5-6-15(23)12-24-16;/h15-16H,4-12H2,1-3H3,(H2,19,20,21);1H. The van der Waals surface area contributed by atoms with Gasteiger partial charge in [0.25, 0.3) is 0 Å². The molecule has 2 fully saturated rings. The molecule has 1 aromatic heterocycles. The van der Waals surface area contributed by atoms with Gasteiger partial charge in [0.15, 0.2) is 5.96 Å². The lowest BCUT2D eigenvalue weighted by Crippen LogP contribution is -2.47. The topological polar surface area (TPSA) is 61.8 Å². The van der Waals surface area contributed by atoms with Gasteiger partial charge in [0.2, 0.25) is 0 Å². The molecular formula is C18H32IN5OS. The molecule has 2 aliphatic rings. The minimum absolute atomic E-state index is 0. The molecule has 2 saturated heterocycles. The fraction of sp³-hybridized carbons (Fsp3) is 0.778. The zero-order chi connectivity index (χ0) is 17.6. The van der Waals surface area contributed by atoms with Crippen LogP contribution < -0.4 is 10.6 Å². The molecule has 0 bridgehead atoms. The van der Waals surface area contributed by atoms with Gasteiger partial charge in [0, 0.05) is 37.0 Å². The number of aliphatic imine (C=N–C) groups is 1. The molecule has 148 valence electrons. The summed E-state index contributed by atoms with van der Waals surface area (Å²) in [6.45, 7) is 11.8. The van der Waals surface area contributed by atoms with E-state index in [1.54, 1.807) is 11.3 Å². The summed E-state index contributed by atoms with van der Waals surface area (Å²) >= 11 is 1.79. The molecule has 0 radical (unpaired) electrons. The van der Waals surface area contributed by atoms with Crippen LogP contribution in [0.15, 0.2) is 4.99 Å². The van der Waals surface area contributed by atoms with Gasteiger partial charge in [0.05, 0.1) is 30.0 Å². The minimum atomic E-state index is 0. The average Bonchev–Trinajstić information content (AvgIpc) is 3.18. The average molecular weight is 493 g/mol. The Balaban J connectivity index is 0.00000243. The quantitative estimate of drug-likeness (QED) is 0.362. The third-order valence-corrected chi connectivity index (χ3v) is 6.10. The second-order valence-electron chi connectivity index (χ2n) is 6.89. The van der Waals surface area contributed by atoms with E-state index in [4.69, 9.17) is 9.73 Å². The number of nitrogens with one attached hydrogen (secondary N) is 2. The summed E-state index contributed by atoms with van der Waals surface area (Å²) in [4.78, 5) is 13.2. The smallest absolute Gasteiger partial charge is 0.191 e. The van der Waals surface area contributed by atoms with E-state index >= 15 is 0 Å². The fourth-order valence-corrected chi connectivity index (χ4v) is 4.40. The summed E-state index contributed by atoms with van der Waals surface area (Å²) in [6, 6.07) is 0.650. The highest BCUT2D eigenvalue weighted by Crippen LogP contribution is 2.22. The summed E-state index contributed by atoms with van der Waals surface area (Å²) in [6.07, 6.45) is 3.74. The maximum atomic E-state index is 6.00. The summed E-state index contributed by atoms with van der Waals surface area (Å²) in [5, 5.41) is 7.93. The van der Waals surface area contributed by atoms with Crippen LogP contribution in [0.5, 0.6) is 0 Å². The molecule has 2 aliphatic heterocycles. The Labute approximate surface area is 178 Å². The number of rotatable bonds is 6. The molecule has 2 atom stereocenters. The number of morpholine rings is 1. The minimum Gasteiger partial charge on any atom is -0.373 e. The third-order valence-electron chi connectivity index (χ3n) is 4.96. The van der Waals surface area contributed by atoms with Crippen molar-refractivity contribution in [3.8, 4) is 0 Å². The first-order valence-electron chi connectivity index (χ1n) is 9.46. The van der Waals surface area contributed by atoms with E-state index in [2.05, 4.69) is 41.3 Å². The number of hydrogen-bond donors (Lipinski definition) is 2. The fourth-order valence-electron chi connectivity index (χ4n) is 3.46. The highest BCUT2D eigenvalue weighted by molar-refractivity contribution is 14.0. The van der Waals surface area contributed by atoms with Crippen molar-refractivity contribution in [2.75, 3.05) is 39.3 Å². The first kappa shape index (κ1) is 21.8. The van der Waals surface area contributed by atoms with Crippen molar-refractivity contribution < 1.29 is 4.74 Å². The molecule has 2 N–H and O–H groups in total. The lowest BCUT2D eigenvalue weighted by Gasteiger charge is -2.34. The third kappa shape index (κ3) is 6.03. The summed E-state index contributed by atoms with van der Waals surface area (Å²) in [7, 11) is 0. The van der Waals surface area contributed by atoms with Crippen molar-refractivity contribution in [2.24, 2.45) is 4.99 Å². The van der Waals surface area contributed by atoms with Gasteiger partial charge in [-0.05, 0) is 40.2 Å². The van der Waals surface area contributed by atoms with Crippen LogP contribution in [0.1, 0.15) is 35.3 Å². The van der Waals surface area contributed by atoms with Crippen LogP contribution in [0.4, 0.5) is 0 Å². The van der Waals surface area contributed by atoms with E-state index in [-0.39, 0.29) is 30.1 Å². The lowest BCUT2D eigenvalue weighted by molar-refractivity contribution is -0.0432. The van der Waals surface area contributed by atoms with E-state index in [1.807, 2.05) is 0 Å². The number of hydrogen-bond acceptors (Lipinski definition) is 5. The molecule has 3 rings (SSSR count). The van der Waals surface area contributed by atoms with Gasteiger partial charge in [-0.15, -0.1) is 35.3 Å². The Morgan fingerprint density at radius 2 is 2.23 bits per heavy atom. The van der Waals surface area contributed by atoms with Crippen LogP contribution in [0.3, 0.4) is 0 Å². The number of guanidine groups is 1. The molecule has 0 aliphatic carbocycles. The van der Waals surface area contributed by atoms with Gasteiger partial charge in [0.1, 0.15) is 0 Å². The Kier molecular flexibility index (Phi) is 9.05. The van der Waals surface area contributed by atoms with E-state index in [0.29, 0.717) is 12.6 Å². The number of halogens is 1. The van der Waals surface area contributed by atoms with E-state index < -0.39 is 0 Å². The second-order valence-corrected chi connectivity index (χ2v) is 8.18. The van der Waals surface area contributed by atoms with Gasteiger partial charge >= 0.3 is 0 Å². The van der Waals surface area contributed by atoms with Crippen molar-refractivity contribution in [3.05, 3.63) is 15.6 Å². The molecule has 0 aromatic carbocycles. The molecule has 3 heterocycles. The highest BCUT2D eigenvalue weighted by atomic mass is 127. The molecule has 6 nitrogen and oxygen atoms in total. The van der Waals surface area contributed by atoms with Gasteiger partial charge in [-0.1, -0.05) is 0 Å². The predicted octanol–water partition coefficient (Wildman–Crippen LogP) is 2.34. The summed E-state index contributed by atoms with van der Waals surface area (Å²) < 4.78 is 6.00. The molecule has 0 amide bonds. The number of aromatic nitrogens is 1. The van der Waals surface area contributed by atoms with Gasteiger partial charge in [-0.3, -0.25) is 9.89 Å². The molecule has 2 unspecified atom stereocenters. The highest BCUT2D eigenvalue weighted by Gasteiger charge is 2.31. The molecule has 26 heavy (non-hydrogen) atoms. The van der Waals surface area contributed by atoms with Crippen LogP contribution >= 0.6 is 35.3 Å². The number of thiazole rings is 1. The van der Waals surface area contributed by atoms with Crippen LogP contribution in [0.25, 0.3) is 0 Å². The SMILES string of the molecule is CCNC(=NCC1CN2CCCC2CO1)NCCc1nc(C)c(C)s1.I. The Morgan fingerprint density at radius 1 is 1.38 bits per heavy atom. The summed E-state index contributed by atoms with van der Waals surface area (Å²) in [5.74, 6) is 0.875. The number of aryl methyl sites for hydroxylation is 2. The maximum absolute atomic E-state index is 6.00. The van der Waals surface area contributed by atoms with Crippen molar-refractivity contribution in [1.82, 2.24) is 20.5 Å². The Bertz CT molecular complexity index is 575. The van der Waals surface area contributed by atoms with E-state index in [1.165, 1.54) is 29.3 Å². The van der Waals surface area contributed by atoms with Crippen LogP contribution in [0, 0.1) is 13.8 Å². The van der Waals surface area contributed by atoms with E-state index in [0.717, 1.165) is 44.3 Å². The first-order valence-corrected chi connectivity index (χ1v) is 10.3.